The maximum atomic E-state index is 13.1. The molecule has 4 amide bonds. The zero-order valence-corrected chi connectivity index (χ0v) is 18.6. The van der Waals surface area contributed by atoms with Gasteiger partial charge in [-0.25, -0.2) is 4.79 Å². The molecule has 1 aromatic rings. The summed E-state index contributed by atoms with van der Waals surface area (Å²) in [7, 11) is 0. The van der Waals surface area contributed by atoms with Gasteiger partial charge in [0.15, 0.2) is 0 Å². The van der Waals surface area contributed by atoms with Gasteiger partial charge in [-0.15, -0.1) is 0 Å². The van der Waals surface area contributed by atoms with Crippen molar-refractivity contribution in [2.24, 2.45) is 0 Å². The maximum absolute atomic E-state index is 13.1. The molecule has 30 heavy (non-hydrogen) atoms. The lowest BCUT2D eigenvalue weighted by Crippen LogP contribution is -2.62. The molecule has 1 N–H and O–H groups in total. The van der Waals surface area contributed by atoms with Crippen molar-refractivity contribution in [2.45, 2.75) is 26.8 Å². The number of aryl methyl sites for hydroxylation is 1. The van der Waals surface area contributed by atoms with E-state index in [9.17, 15) is 14.4 Å². The molecule has 0 spiro atoms. The Morgan fingerprint density at radius 2 is 1.73 bits per heavy atom. The summed E-state index contributed by atoms with van der Waals surface area (Å²) < 4.78 is 0. The fourth-order valence-electron chi connectivity index (χ4n) is 3.93. The normalized spacial score (nSPS) is 20.3. The van der Waals surface area contributed by atoms with E-state index < -0.39 is 6.04 Å². The summed E-state index contributed by atoms with van der Waals surface area (Å²) in [5.74, 6) is -0.104. The van der Waals surface area contributed by atoms with Crippen LogP contribution in [-0.4, -0.2) is 95.8 Å². The molecule has 9 heteroatoms. The van der Waals surface area contributed by atoms with E-state index >= 15 is 0 Å². The van der Waals surface area contributed by atoms with Gasteiger partial charge in [0.1, 0.15) is 6.04 Å². The summed E-state index contributed by atoms with van der Waals surface area (Å²) in [5.41, 5.74) is 1.60. The molecular formula is C21H30ClN5O3. The third-order valence-corrected chi connectivity index (χ3v) is 6.31. The van der Waals surface area contributed by atoms with E-state index in [0.717, 1.165) is 18.7 Å². The van der Waals surface area contributed by atoms with E-state index in [1.54, 1.807) is 20.8 Å². The van der Waals surface area contributed by atoms with Crippen LogP contribution in [0.5, 0.6) is 0 Å². The number of hydrogen-bond acceptors (Lipinski definition) is 4. The Bertz CT molecular complexity index is 810. The average Bonchev–Trinajstić information content (AvgIpc) is 2.75. The van der Waals surface area contributed by atoms with Crippen LogP contribution in [0.25, 0.3) is 0 Å². The highest BCUT2D eigenvalue weighted by molar-refractivity contribution is 6.31. The first-order valence-corrected chi connectivity index (χ1v) is 10.8. The number of carbonyl (C=O) groups is 3. The van der Waals surface area contributed by atoms with Crippen LogP contribution in [0.2, 0.25) is 5.02 Å². The van der Waals surface area contributed by atoms with Crippen molar-refractivity contribution in [1.82, 2.24) is 19.6 Å². The molecule has 3 rings (SSSR count). The van der Waals surface area contributed by atoms with Crippen molar-refractivity contribution >= 4 is 35.1 Å². The largest absolute Gasteiger partial charge is 0.337 e. The zero-order valence-electron chi connectivity index (χ0n) is 17.9. The SMILES string of the molecule is CCN1CCN(C(C)=O)[C@@H](C(=O)N2CCN(C(=O)Nc3ccc(C)c(Cl)c3)CC2)C1. The molecule has 2 aliphatic heterocycles. The number of benzene rings is 1. The van der Waals surface area contributed by atoms with Gasteiger partial charge in [0, 0.05) is 63.4 Å². The molecule has 0 aliphatic carbocycles. The number of hydrogen-bond donors (Lipinski definition) is 1. The van der Waals surface area contributed by atoms with Crippen molar-refractivity contribution in [3.63, 3.8) is 0 Å². The van der Waals surface area contributed by atoms with Crippen molar-refractivity contribution in [3.05, 3.63) is 28.8 Å². The predicted molar refractivity (Wildman–Crippen MR) is 117 cm³/mol. The molecule has 1 aromatic carbocycles. The van der Waals surface area contributed by atoms with Gasteiger partial charge in [0.2, 0.25) is 11.8 Å². The minimum absolute atomic E-state index is 0.0336. The highest BCUT2D eigenvalue weighted by Crippen LogP contribution is 2.21. The van der Waals surface area contributed by atoms with E-state index in [0.29, 0.717) is 50.0 Å². The summed E-state index contributed by atoms with van der Waals surface area (Å²) in [6, 6.07) is 4.75. The molecule has 2 heterocycles. The molecule has 0 unspecified atom stereocenters. The standard InChI is InChI=1S/C21H30ClN5O3/c1-4-24-7-12-27(16(3)28)19(14-24)20(29)25-8-10-26(11-9-25)21(30)23-17-6-5-15(2)18(22)13-17/h5-6,13,19H,4,7-12,14H2,1-3H3,(H,23,30)/t19-/m1/s1. The maximum Gasteiger partial charge on any atom is 0.321 e. The van der Waals surface area contributed by atoms with Crippen LogP contribution >= 0.6 is 11.6 Å². The van der Waals surface area contributed by atoms with Crippen LogP contribution in [0.3, 0.4) is 0 Å². The lowest BCUT2D eigenvalue weighted by molar-refractivity contribution is -0.149. The van der Waals surface area contributed by atoms with Gasteiger partial charge in [-0.3, -0.25) is 14.5 Å². The van der Waals surface area contributed by atoms with Gasteiger partial charge < -0.3 is 20.0 Å². The number of anilines is 1. The number of nitrogens with zero attached hydrogens (tertiary/aromatic N) is 4. The monoisotopic (exact) mass is 435 g/mol. The highest BCUT2D eigenvalue weighted by atomic mass is 35.5. The lowest BCUT2D eigenvalue weighted by atomic mass is 10.1. The van der Waals surface area contributed by atoms with Gasteiger partial charge in [0.05, 0.1) is 0 Å². The van der Waals surface area contributed by atoms with E-state index in [1.165, 1.54) is 6.92 Å². The number of piperazine rings is 2. The Morgan fingerprint density at radius 3 is 2.33 bits per heavy atom. The number of halogens is 1. The molecule has 0 saturated carbocycles. The predicted octanol–water partition coefficient (Wildman–Crippen LogP) is 1.88. The van der Waals surface area contributed by atoms with Gasteiger partial charge in [-0.05, 0) is 31.2 Å². The summed E-state index contributed by atoms with van der Waals surface area (Å²) in [6.07, 6.45) is 0. The van der Waals surface area contributed by atoms with E-state index in [-0.39, 0.29) is 17.8 Å². The molecule has 0 radical (unpaired) electrons. The lowest BCUT2D eigenvalue weighted by Gasteiger charge is -2.43. The summed E-state index contributed by atoms with van der Waals surface area (Å²) in [5, 5.41) is 3.47. The molecule has 0 aromatic heterocycles. The van der Waals surface area contributed by atoms with Crippen molar-refractivity contribution in [3.8, 4) is 0 Å². The molecule has 2 saturated heterocycles. The summed E-state index contributed by atoms with van der Waals surface area (Å²) in [4.78, 5) is 45.1. The van der Waals surface area contributed by atoms with Gasteiger partial charge in [-0.2, -0.15) is 0 Å². The van der Waals surface area contributed by atoms with Crippen LogP contribution in [0.1, 0.15) is 19.4 Å². The second kappa shape index (κ2) is 9.66. The van der Waals surface area contributed by atoms with Crippen LogP contribution in [0.15, 0.2) is 18.2 Å². The van der Waals surface area contributed by atoms with Gasteiger partial charge in [-0.1, -0.05) is 24.6 Å². The Hall–Kier alpha value is -2.32. The Kier molecular flexibility index (Phi) is 7.20. The fourth-order valence-corrected chi connectivity index (χ4v) is 4.11. The number of carbonyl (C=O) groups excluding carboxylic acids is 3. The Morgan fingerprint density at radius 1 is 1.07 bits per heavy atom. The fraction of sp³-hybridized carbons (Fsp3) is 0.571. The molecule has 2 aliphatic rings. The molecule has 1 atom stereocenters. The molecule has 0 bridgehead atoms. The van der Waals surface area contributed by atoms with E-state index in [2.05, 4.69) is 17.1 Å². The molecule has 2 fully saturated rings. The third-order valence-electron chi connectivity index (χ3n) is 5.90. The van der Waals surface area contributed by atoms with Gasteiger partial charge in [0.25, 0.3) is 0 Å². The second-order valence-electron chi connectivity index (χ2n) is 7.83. The van der Waals surface area contributed by atoms with E-state index in [1.807, 2.05) is 19.1 Å². The van der Waals surface area contributed by atoms with Crippen LogP contribution in [0.4, 0.5) is 10.5 Å². The summed E-state index contributed by atoms with van der Waals surface area (Å²) >= 11 is 6.13. The van der Waals surface area contributed by atoms with Crippen LogP contribution in [0, 0.1) is 6.92 Å². The second-order valence-corrected chi connectivity index (χ2v) is 8.24. The van der Waals surface area contributed by atoms with E-state index in [4.69, 9.17) is 11.6 Å². The minimum atomic E-state index is -0.453. The average molecular weight is 436 g/mol. The van der Waals surface area contributed by atoms with Crippen molar-refractivity contribution in [2.75, 3.05) is 57.7 Å². The zero-order chi connectivity index (χ0) is 21.8. The van der Waals surface area contributed by atoms with Crippen molar-refractivity contribution in [1.29, 1.82) is 0 Å². The number of amides is 4. The summed E-state index contributed by atoms with van der Waals surface area (Å²) in [6.45, 7) is 10.1. The highest BCUT2D eigenvalue weighted by Gasteiger charge is 2.37. The number of likely N-dealkylation sites (N-methyl/N-ethyl adjacent to an activating group) is 1. The minimum Gasteiger partial charge on any atom is -0.337 e. The molecular weight excluding hydrogens is 406 g/mol. The first-order chi connectivity index (χ1) is 14.3. The first kappa shape index (κ1) is 22.4. The molecule has 8 nitrogen and oxygen atoms in total. The third kappa shape index (κ3) is 5.05. The number of urea groups is 1. The van der Waals surface area contributed by atoms with Crippen LogP contribution in [-0.2, 0) is 9.59 Å². The smallest absolute Gasteiger partial charge is 0.321 e. The topological polar surface area (TPSA) is 76.2 Å². The number of nitrogens with one attached hydrogen (secondary N) is 1. The van der Waals surface area contributed by atoms with Crippen molar-refractivity contribution < 1.29 is 14.4 Å². The van der Waals surface area contributed by atoms with Crippen LogP contribution < -0.4 is 5.32 Å². The quantitative estimate of drug-likeness (QED) is 0.786. The number of rotatable bonds is 3. The Balaban J connectivity index is 1.57. The Labute approximate surface area is 182 Å². The van der Waals surface area contributed by atoms with Gasteiger partial charge >= 0.3 is 6.03 Å². The first-order valence-electron chi connectivity index (χ1n) is 10.4. The molecule has 164 valence electrons.